The number of para-hydroxylation sites is 1. The fourth-order valence-corrected chi connectivity index (χ4v) is 3.72. The van der Waals surface area contributed by atoms with Gasteiger partial charge in [0.15, 0.2) is 0 Å². The molecule has 2 aromatic carbocycles. The zero-order valence-corrected chi connectivity index (χ0v) is 13.3. The summed E-state index contributed by atoms with van der Waals surface area (Å²) in [5, 5.41) is 1.13. The summed E-state index contributed by atoms with van der Waals surface area (Å²) in [4.78, 5) is 4.46. The molecule has 0 aliphatic carbocycles. The molecule has 112 valence electrons. The van der Waals surface area contributed by atoms with Gasteiger partial charge in [0.25, 0.3) is 10.0 Å². The highest BCUT2D eigenvalue weighted by Crippen LogP contribution is 2.26. The lowest BCUT2D eigenvalue weighted by molar-refractivity contribution is 0.600. The Labute approximate surface area is 133 Å². The van der Waals surface area contributed by atoms with Gasteiger partial charge < -0.3 is 0 Å². The molecule has 0 aliphatic rings. The van der Waals surface area contributed by atoms with Gasteiger partial charge in [-0.05, 0) is 36.8 Å². The van der Waals surface area contributed by atoms with Crippen molar-refractivity contribution < 1.29 is 8.42 Å². The minimum Gasteiger partial charge on any atom is -0.277 e. The van der Waals surface area contributed by atoms with E-state index in [1.807, 2.05) is 6.07 Å². The summed E-state index contributed by atoms with van der Waals surface area (Å²) in [5.74, 6) is 0. The number of nitrogens with one attached hydrogen (secondary N) is 1. The molecule has 0 bridgehead atoms. The van der Waals surface area contributed by atoms with Crippen LogP contribution in [-0.2, 0) is 10.0 Å². The number of aryl methyl sites for hydroxylation is 1. The summed E-state index contributed by atoms with van der Waals surface area (Å²) in [7, 11) is -3.68. The quantitative estimate of drug-likeness (QED) is 0.737. The molecule has 0 spiro atoms. The number of anilines is 1. The van der Waals surface area contributed by atoms with Gasteiger partial charge in [0.2, 0.25) is 0 Å². The molecule has 0 saturated carbocycles. The van der Waals surface area contributed by atoms with E-state index in [2.05, 4.69) is 9.71 Å². The molecule has 3 rings (SSSR count). The van der Waals surface area contributed by atoms with Gasteiger partial charge in [0.1, 0.15) is 5.15 Å². The Morgan fingerprint density at radius 3 is 2.55 bits per heavy atom. The van der Waals surface area contributed by atoms with Crippen LogP contribution < -0.4 is 4.72 Å². The summed E-state index contributed by atoms with van der Waals surface area (Å²) < 4.78 is 27.8. The van der Waals surface area contributed by atoms with Gasteiger partial charge in [-0.3, -0.25) is 4.72 Å². The van der Waals surface area contributed by atoms with Crippen LogP contribution in [0, 0.1) is 6.92 Å². The van der Waals surface area contributed by atoms with E-state index in [9.17, 15) is 8.42 Å². The number of benzene rings is 2. The number of fused-ring (bicyclic) bond motifs is 1. The lowest BCUT2D eigenvalue weighted by atomic mass is 10.2. The molecule has 0 saturated heterocycles. The molecule has 0 radical (unpaired) electrons. The van der Waals surface area contributed by atoms with Gasteiger partial charge in [-0.1, -0.05) is 41.9 Å². The molecule has 0 atom stereocenters. The molecule has 0 unspecified atom stereocenters. The summed E-state index contributed by atoms with van der Waals surface area (Å²) in [6.45, 7) is 1.76. The number of pyridine rings is 1. The summed E-state index contributed by atoms with van der Waals surface area (Å²) in [6, 6.07) is 15.6. The van der Waals surface area contributed by atoms with E-state index in [1.165, 1.54) is 0 Å². The first-order valence-corrected chi connectivity index (χ1v) is 8.47. The predicted octanol–water partition coefficient (Wildman–Crippen LogP) is 4.00. The Hall–Kier alpha value is -2.11. The Balaban J connectivity index is 2.10. The zero-order chi connectivity index (χ0) is 15.7. The third-order valence-corrected chi connectivity index (χ3v) is 5.05. The Morgan fingerprint density at radius 1 is 1.00 bits per heavy atom. The average Bonchev–Trinajstić information content (AvgIpc) is 2.48. The molecule has 3 aromatic rings. The maximum absolute atomic E-state index is 12.6. The number of rotatable bonds is 3. The Morgan fingerprint density at radius 2 is 1.77 bits per heavy atom. The fraction of sp³-hybridized carbons (Fsp3) is 0.0625. The first-order valence-electron chi connectivity index (χ1n) is 6.61. The van der Waals surface area contributed by atoms with Crippen LogP contribution in [0.15, 0.2) is 59.5 Å². The standard InChI is InChI=1S/C16H13ClN2O2S/c1-11-5-2-3-8-14(11)22(20,21)19-13-7-4-6-12-9-10-15(17)18-16(12)13/h2-10,19H,1H3. The molecule has 1 N–H and O–H groups in total. The van der Waals surface area contributed by atoms with Crippen molar-refractivity contribution in [3.8, 4) is 0 Å². The molecular weight excluding hydrogens is 320 g/mol. The molecule has 4 nitrogen and oxygen atoms in total. The second-order valence-electron chi connectivity index (χ2n) is 4.88. The van der Waals surface area contributed by atoms with Crippen molar-refractivity contribution in [2.45, 2.75) is 11.8 Å². The van der Waals surface area contributed by atoms with Crippen molar-refractivity contribution in [2.24, 2.45) is 0 Å². The first kappa shape index (κ1) is 14.8. The zero-order valence-electron chi connectivity index (χ0n) is 11.7. The number of aromatic nitrogens is 1. The van der Waals surface area contributed by atoms with Crippen LogP contribution in [0.4, 0.5) is 5.69 Å². The van der Waals surface area contributed by atoms with Crippen LogP contribution in [0.5, 0.6) is 0 Å². The van der Waals surface area contributed by atoms with Crippen LogP contribution in [0.2, 0.25) is 5.15 Å². The average molecular weight is 333 g/mol. The van der Waals surface area contributed by atoms with Crippen LogP contribution in [0.25, 0.3) is 10.9 Å². The van der Waals surface area contributed by atoms with Gasteiger partial charge in [0, 0.05) is 5.39 Å². The number of nitrogens with zero attached hydrogens (tertiary/aromatic N) is 1. The SMILES string of the molecule is Cc1ccccc1S(=O)(=O)Nc1cccc2ccc(Cl)nc12. The Bertz CT molecular complexity index is 955. The molecule has 0 aliphatic heterocycles. The van der Waals surface area contributed by atoms with Crippen LogP contribution in [0.1, 0.15) is 5.56 Å². The Kier molecular flexibility index (Phi) is 3.76. The van der Waals surface area contributed by atoms with Crippen molar-refractivity contribution in [3.05, 3.63) is 65.3 Å². The monoisotopic (exact) mass is 332 g/mol. The van der Waals surface area contributed by atoms with E-state index in [4.69, 9.17) is 11.6 Å². The van der Waals surface area contributed by atoms with Crippen LogP contribution in [-0.4, -0.2) is 13.4 Å². The topological polar surface area (TPSA) is 59.1 Å². The van der Waals surface area contributed by atoms with Gasteiger partial charge in [-0.2, -0.15) is 0 Å². The van der Waals surface area contributed by atoms with Gasteiger partial charge in [-0.25, -0.2) is 13.4 Å². The maximum Gasteiger partial charge on any atom is 0.262 e. The van der Waals surface area contributed by atoms with E-state index in [0.717, 1.165) is 5.39 Å². The normalized spacial score (nSPS) is 11.5. The summed E-state index contributed by atoms with van der Waals surface area (Å²) in [5.41, 5.74) is 1.61. The number of hydrogen-bond donors (Lipinski definition) is 1. The van der Waals surface area contributed by atoms with E-state index < -0.39 is 10.0 Å². The lowest BCUT2D eigenvalue weighted by Crippen LogP contribution is -2.14. The largest absolute Gasteiger partial charge is 0.277 e. The molecule has 22 heavy (non-hydrogen) atoms. The van der Waals surface area contributed by atoms with Crippen molar-refractivity contribution in [2.75, 3.05) is 4.72 Å². The highest BCUT2D eigenvalue weighted by molar-refractivity contribution is 7.92. The maximum atomic E-state index is 12.6. The first-order chi connectivity index (χ1) is 10.5. The molecule has 1 aromatic heterocycles. The van der Waals surface area contributed by atoms with Gasteiger partial charge in [0.05, 0.1) is 16.1 Å². The molecule has 0 fully saturated rings. The number of sulfonamides is 1. The molecule has 6 heteroatoms. The van der Waals surface area contributed by atoms with Crippen molar-refractivity contribution in [3.63, 3.8) is 0 Å². The fourth-order valence-electron chi connectivity index (χ4n) is 2.26. The van der Waals surface area contributed by atoms with Gasteiger partial charge >= 0.3 is 0 Å². The second kappa shape index (κ2) is 5.59. The summed E-state index contributed by atoms with van der Waals surface area (Å²) >= 11 is 5.92. The van der Waals surface area contributed by atoms with E-state index in [0.29, 0.717) is 21.9 Å². The lowest BCUT2D eigenvalue weighted by Gasteiger charge is -2.12. The third-order valence-electron chi connectivity index (χ3n) is 3.31. The second-order valence-corrected chi connectivity index (χ2v) is 6.92. The van der Waals surface area contributed by atoms with Crippen molar-refractivity contribution in [1.29, 1.82) is 0 Å². The highest BCUT2D eigenvalue weighted by atomic mass is 35.5. The van der Waals surface area contributed by atoms with Crippen molar-refractivity contribution >= 4 is 38.2 Å². The van der Waals surface area contributed by atoms with Crippen LogP contribution >= 0.6 is 11.6 Å². The van der Waals surface area contributed by atoms with Crippen LogP contribution in [0.3, 0.4) is 0 Å². The smallest absolute Gasteiger partial charge is 0.262 e. The minimum absolute atomic E-state index is 0.244. The third kappa shape index (κ3) is 2.77. The highest BCUT2D eigenvalue weighted by Gasteiger charge is 2.17. The van der Waals surface area contributed by atoms with E-state index >= 15 is 0 Å². The molecular formula is C16H13ClN2O2S. The van der Waals surface area contributed by atoms with E-state index in [-0.39, 0.29) is 4.90 Å². The number of halogens is 1. The van der Waals surface area contributed by atoms with E-state index in [1.54, 1.807) is 55.5 Å². The minimum atomic E-state index is -3.68. The van der Waals surface area contributed by atoms with Crippen molar-refractivity contribution in [1.82, 2.24) is 4.98 Å². The number of hydrogen-bond acceptors (Lipinski definition) is 3. The van der Waals surface area contributed by atoms with Gasteiger partial charge in [-0.15, -0.1) is 0 Å². The summed E-state index contributed by atoms with van der Waals surface area (Å²) in [6.07, 6.45) is 0. The predicted molar refractivity (Wildman–Crippen MR) is 88.7 cm³/mol. The molecule has 0 amide bonds. The molecule has 1 heterocycles.